The third kappa shape index (κ3) is 5.22. The van der Waals surface area contributed by atoms with Gasteiger partial charge in [-0.05, 0) is 60.2 Å². The number of anilines is 2. The molecular weight excluding hydrogens is 580 g/mol. The minimum absolute atomic E-state index is 0.142. The smallest absolute Gasteiger partial charge is 0.259 e. The highest BCUT2D eigenvalue weighted by atomic mass is 35.5. The second kappa shape index (κ2) is 9.97. The molecule has 2 amide bonds. The quantitative estimate of drug-likeness (QED) is 0.239. The molecule has 0 aromatic heterocycles. The molecule has 11 heteroatoms. The Kier molecular flexibility index (Phi) is 7.50. The molecule has 2 atom stereocenters. The van der Waals surface area contributed by atoms with Crippen LogP contribution in [0.25, 0.3) is 0 Å². The molecular formula is C24H15Cl6FN2O2. The van der Waals surface area contributed by atoms with Crippen LogP contribution in [0.2, 0.25) is 20.1 Å². The van der Waals surface area contributed by atoms with E-state index < -0.39 is 33.8 Å². The Morgan fingerprint density at radius 1 is 0.914 bits per heavy atom. The zero-order valence-corrected chi connectivity index (χ0v) is 22.3. The van der Waals surface area contributed by atoms with E-state index in [1.807, 2.05) is 0 Å². The molecule has 4 nitrogen and oxygen atoms in total. The van der Waals surface area contributed by atoms with Crippen LogP contribution in [-0.2, 0) is 4.79 Å². The van der Waals surface area contributed by atoms with Crippen molar-refractivity contribution in [2.24, 2.45) is 5.92 Å². The van der Waals surface area contributed by atoms with E-state index in [0.717, 1.165) is 0 Å². The summed E-state index contributed by atoms with van der Waals surface area (Å²) in [5, 5.41) is 3.54. The monoisotopic (exact) mass is 592 g/mol. The maximum Gasteiger partial charge on any atom is 0.259 e. The molecule has 0 aliphatic heterocycles. The standard InChI is InChI=1S/C24H15Cl6FN2O2/c1-33(14-5-2-12(31)3-6-14)23(35)15-10-13(4-7-16(15)25)32-22(34)20-19(24(20,29)30)11-8-17(26)21(28)18(27)9-11/h2-10,19-20H,1H3,(H,32,34)/t19-,20+/m0/s1. The van der Waals surface area contributed by atoms with Gasteiger partial charge < -0.3 is 10.2 Å². The Morgan fingerprint density at radius 2 is 1.51 bits per heavy atom. The van der Waals surface area contributed by atoms with Gasteiger partial charge in [0.15, 0.2) is 0 Å². The SMILES string of the molecule is CN(C(=O)c1cc(NC(=O)[C@H]2[C@H](c3cc(Cl)c(Cl)c(Cl)c3)C2(Cl)Cl)ccc1Cl)c1ccc(F)cc1. The molecule has 0 unspecified atom stereocenters. The number of rotatable bonds is 5. The van der Waals surface area contributed by atoms with Gasteiger partial charge in [-0.3, -0.25) is 9.59 Å². The Morgan fingerprint density at radius 3 is 2.11 bits per heavy atom. The van der Waals surface area contributed by atoms with E-state index in [4.69, 9.17) is 69.6 Å². The molecule has 0 heterocycles. The zero-order chi connectivity index (χ0) is 25.7. The molecule has 3 aromatic rings. The zero-order valence-electron chi connectivity index (χ0n) is 17.8. The summed E-state index contributed by atoms with van der Waals surface area (Å²) in [7, 11) is 1.53. The summed E-state index contributed by atoms with van der Waals surface area (Å²) in [6.45, 7) is 0. The predicted molar refractivity (Wildman–Crippen MR) is 141 cm³/mol. The Balaban J connectivity index is 1.54. The second-order valence-electron chi connectivity index (χ2n) is 7.95. The average molecular weight is 595 g/mol. The lowest BCUT2D eigenvalue weighted by Crippen LogP contribution is -2.26. The van der Waals surface area contributed by atoms with Crippen molar-refractivity contribution >= 4 is 92.8 Å². The first-order valence-electron chi connectivity index (χ1n) is 10.1. The topological polar surface area (TPSA) is 49.4 Å². The summed E-state index contributed by atoms with van der Waals surface area (Å²) in [4.78, 5) is 27.4. The molecule has 0 bridgehead atoms. The second-order valence-corrected chi connectivity index (χ2v) is 11.0. The van der Waals surface area contributed by atoms with Crippen LogP contribution >= 0.6 is 69.6 Å². The highest BCUT2D eigenvalue weighted by Gasteiger charge is 2.67. The molecule has 182 valence electrons. The molecule has 1 fully saturated rings. The summed E-state index contributed by atoms with van der Waals surface area (Å²) in [5.41, 5.74) is 1.50. The van der Waals surface area contributed by atoms with Gasteiger partial charge in [-0.1, -0.05) is 46.4 Å². The number of nitrogens with one attached hydrogen (secondary N) is 1. The highest BCUT2D eigenvalue weighted by Crippen LogP contribution is 2.65. The minimum Gasteiger partial charge on any atom is -0.326 e. The Hall–Kier alpha value is -1.73. The number of halogens is 7. The third-order valence-electron chi connectivity index (χ3n) is 5.68. The summed E-state index contributed by atoms with van der Waals surface area (Å²) in [6.07, 6.45) is 0. The van der Waals surface area contributed by atoms with Crippen LogP contribution in [0.5, 0.6) is 0 Å². The fraction of sp³-hybridized carbons (Fsp3) is 0.167. The molecule has 1 aliphatic carbocycles. The van der Waals surface area contributed by atoms with Crippen molar-refractivity contribution in [3.8, 4) is 0 Å². The number of hydrogen-bond donors (Lipinski definition) is 1. The molecule has 1 saturated carbocycles. The van der Waals surface area contributed by atoms with Gasteiger partial charge in [-0.15, -0.1) is 23.2 Å². The van der Waals surface area contributed by atoms with Crippen LogP contribution in [0.15, 0.2) is 54.6 Å². The third-order valence-corrected chi connectivity index (χ3v) is 8.15. The Bertz CT molecular complexity index is 1310. The van der Waals surface area contributed by atoms with Crippen molar-refractivity contribution < 1.29 is 14.0 Å². The van der Waals surface area contributed by atoms with Crippen molar-refractivity contribution in [2.45, 2.75) is 10.3 Å². The van der Waals surface area contributed by atoms with E-state index in [0.29, 0.717) is 16.9 Å². The van der Waals surface area contributed by atoms with E-state index >= 15 is 0 Å². The van der Waals surface area contributed by atoms with E-state index in [1.165, 1.54) is 48.3 Å². The van der Waals surface area contributed by atoms with Crippen molar-refractivity contribution in [1.82, 2.24) is 0 Å². The van der Waals surface area contributed by atoms with E-state index in [9.17, 15) is 14.0 Å². The molecule has 0 spiro atoms. The highest BCUT2D eigenvalue weighted by molar-refractivity contribution is 6.54. The number of benzene rings is 3. The molecule has 4 rings (SSSR count). The summed E-state index contributed by atoms with van der Waals surface area (Å²) in [6, 6.07) is 13.0. The number of alkyl halides is 2. The van der Waals surface area contributed by atoms with Crippen LogP contribution in [0.1, 0.15) is 21.8 Å². The molecule has 3 aromatic carbocycles. The lowest BCUT2D eigenvalue weighted by atomic mass is 10.1. The molecule has 0 saturated heterocycles. The van der Waals surface area contributed by atoms with Crippen molar-refractivity contribution in [3.63, 3.8) is 0 Å². The number of amides is 2. The van der Waals surface area contributed by atoms with Crippen molar-refractivity contribution in [1.29, 1.82) is 0 Å². The van der Waals surface area contributed by atoms with Gasteiger partial charge in [0.1, 0.15) is 10.2 Å². The largest absolute Gasteiger partial charge is 0.326 e. The van der Waals surface area contributed by atoms with Gasteiger partial charge in [-0.25, -0.2) is 4.39 Å². The fourth-order valence-corrected chi connectivity index (χ4v) is 5.41. The van der Waals surface area contributed by atoms with Crippen LogP contribution in [-0.4, -0.2) is 23.2 Å². The number of carbonyl (C=O) groups is 2. The van der Waals surface area contributed by atoms with Crippen LogP contribution in [0.3, 0.4) is 0 Å². The average Bonchev–Trinajstić information content (AvgIpc) is 3.40. The van der Waals surface area contributed by atoms with Gasteiger partial charge in [0.05, 0.1) is 31.6 Å². The first-order chi connectivity index (χ1) is 16.4. The number of hydrogen-bond acceptors (Lipinski definition) is 2. The summed E-state index contributed by atoms with van der Waals surface area (Å²) in [5.74, 6) is -2.72. The number of nitrogens with zero attached hydrogens (tertiary/aromatic N) is 1. The summed E-state index contributed by atoms with van der Waals surface area (Å²) >= 11 is 37.3. The maximum absolute atomic E-state index is 13.2. The molecule has 1 aliphatic rings. The fourth-order valence-electron chi connectivity index (χ4n) is 3.77. The van der Waals surface area contributed by atoms with Gasteiger partial charge in [0, 0.05) is 24.3 Å². The van der Waals surface area contributed by atoms with E-state index in [1.54, 1.807) is 18.2 Å². The minimum atomic E-state index is -1.39. The van der Waals surface area contributed by atoms with Gasteiger partial charge >= 0.3 is 0 Å². The normalized spacial score (nSPS) is 18.2. The van der Waals surface area contributed by atoms with Gasteiger partial charge in [-0.2, -0.15) is 0 Å². The van der Waals surface area contributed by atoms with Gasteiger partial charge in [0.25, 0.3) is 5.91 Å². The van der Waals surface area contributed by atoms with Gasteiger partial charge in [0.2, 0.25) is 5.91 Å². The lowest BCUT2D eigenvalue weighted by molar-refractivity contribution is -0.117. The first-order valence-corrected chi connectivity index (χ1v) is 12.3. The van der Waals surface area contributed by atoms with Crippen molar-refractivity contribution in [2.75, 3.05) is 17.3 Å². The van der Waals surface area contributed by atoms with Crippen LogP contribution in [0, 0.1) is 11.7 Å². The van der Waals surface area contributed by atoms with Crippen LogP contribution in [0.4, 0.5) is 15.8 Å². The maximum atomic E-state index is 13.2. The van der Waals surface area contributed by atoms with Crippen molar-refractivity contribution in [3.05, 3.63) is 91.6 Å². The van der Waals surface area contributed by atoms with E-state index in [-0.39, 0.29) is 25.7 Å². The lowest BCUT2D eigenvalue weighted by Gasteiger charge is -2.18. The van der Waals surface area contributed by atoms with Crippen LogP contribution < -0.4 is 10.2 Å². The predicted octanol–water partition coefficient (Wildman–Crippen LogP) is 8.24. The molecule has 1 N–H and O–H groups in total. The number of carbonyl (C=O) groups excluding carboxylic acids is 2. The Labute approximate surface area is 230 Å². The summed E-state index contributed by atoms with van der Waals surface area (Å²) < 4.78 is 11.8. The first kappa shape index (κ1) is 26.3. The molecule has 0 radical (unpaired) electrons. The van der Waals surface area contributed by atoms with E-state index in [2.05, 4.69) is 5.32 Å². The molecule has 35 heavy (non-hydrogen) atoms.